The average Bonchev–Trinajstić information content (AvgIpc) is 3.02. The lowest BCUT2D eigenvalue weighted by atomic mass is 10.1. The summed E-state index contributed by atoms with van der Waals surface area (Å²) in [4.78, 5) is 25.8. The molecule has 1 heterocycles. The van der Waals surface area contributed by atoms with Crippen LogP contribution in [-0.4, -0.2) is 34.4 Å². The maximum Gasteiger partial charge on any atom is 0.285 e. The second kappa shape index (κ2) is 11.5. The van der Waals surface area contributed by atoms with Gasteiger partial charge >= 0.3 is 0 Å². The Morgan fingerprint density at radius 3 is 2.67 bits per heavy atom. The summed E-state index contributed by atoms with van der Waals surface area (Å²) in [6, 6.07) is 12.1. The van der Waals surface area contributed by atoms with E-state index in [0.29, 0.717) is 35.5 Å². The van der Waals surface area contributed by atoms with Gasteiger partial charge in [-0.15, -0.1) is 0 Å². The molecule has 1 aliphatic heterocycles. The summed E-state index contributed by atoms with van der Waals surface area (Å²) in [5.74, 6) is 0.882. The van der Waals surface area contributed by atoms with Gasteiger partial charge < -0.3 is 9.47 Å². The average molecular weight is 505 g/mol. The SMILES string of the molecule is CCOc1cc(/C=C2/SC(=S)N(NC(=O)c3ccccc3Cl)C2=O)ccc1OCCC(C)C. The van der Waals surface area contributed by atoms with Crippen LogP contribution in [0.3, 0.4) is 0 Å². The van der Waals surface area contributed by atoms with E-state index in [2.05, 4.69) is 19.3 Å². The van der Waals surface area contributed by atoms with Crippen LogP contribution in [0.15, 0.2) is 47.4 Å². The van der Waals surface area contributed by atoms with Crippen LogP contribution in [0.2, 0.25) is 5.02 Å². The number of nitrogens with one attached hydrogen (secondary N) is 1. The number of halogens is 1. The number of amides is 2. The van der Waals surface area contributed by atoms with Gasteiger partial charge in [0.25, 0.3) is 11.8 Å². The molecule has 33 heavy (non-hydrogen) atoms. The van der Waals surface area contributed by atoms with Crippen LogP contribution < -0.4 is 14.9 Å². The molecule has 174 valence electrons. The molecule has 1 aliphatic rings. The molecule has 9 heteroatoms. The van der Waals surface area contributed by atoms with E-state index in [0.717, 1.165) is 28.8 Å². The molecular weight excluding hydrogens is 480 g/mol. The van der Waals surface area contributed by atoms with Crippen molar-refractivity contribution in [3.63, 3.8) is 0 Å². The molecule has 0 aliphatic carbocycles. The Morgan fingerprint density at radius 1 is 1.21 bits per heavy atom. The second-order valence-electron chi connectivity index (χ2n) is 7.61. The monoisotopic (exact) mass is 504 g/mol. The highest BCUT2D eigenvalue weighted by Gasteiger charge is 2.34. The van der Waals surface area contributed by atoms with Gasteiger partial charge in [0, 0.05) is 0 Å². The zero-order valence-corrected chi connectivity index (χ0v) is 21.0. The first-order chi connectivity index (χ1) is 15.8. The molecule has 2 aromatic carbocycles. The third-order valence-electron chi connectivity index (χ3n) is 4.64. The van der Waals surface area contributed by atoms with Crippen molar-refractivity contribution in [3.8, 4) is 11.5 Å². The largest absolute Gasteiger partial charge is 0.490 e. The lowest BCUT2D eigenvalue weighted by Gasteiger charge is -2.16. The quantitative estimate of drug-likeness (QED) is 0.348. The molecule has 6 nitrogen and oxygen atoms in total. The fourth-order valence-electron chi connectivity index (χ4n) is 2.93. The number of thioether (sulfide) groups is 1. The zero-order valence-electron chi connectivity index (χ0n) is 18.6. The van der Waals surface area contributed by atoms with Crippen molar-refractivity contribution in [2.24, 2.45) is 5.92 Å². The summed E-state index contributed by atoms with van der Waals surface area (Å²) in [5.41, 5.74) is 3.55. The highest BCUT2D eigenvalue weighted by Crippen LogP contribution is 2.34. The minimum absolute atomic E-state index is 0.227. The molecule has 0 bridgehead atoms. The van der Waals surface area contributed by atoms with Crippen LogP contribution in [0, 0.1) is 5.92 Å². The van der Waals surface area contributed by atoms with E-state index in [9.17, 15) is 9.59 Å². The van der Waals surface area contributed by atoms with Crippen LogP contribution in [0.5, 0.6) is 11.5 Å². The topological polar surface area (TPSA) is 67.9 Å². The van der Waals surface area contributed by atoms with Crippen LogP contribution in [-0.2, 0) is 4.79 Å². The van der Waals surface area contributed by atoms with Gasteiger partial charge in [-0.2, -0.15) is 5.01 Å². The number of nitrogens with zero attached hydrogens (tertiary/aromatic N) is 1. The van der Waals surface area contributed by atoms with Gasteiger partial charge in [0.1, 0.15) is 0 Å². The smallest absolute Gasteiger partial charge is 0.285 e. The Balaban J connectivity index is 1.75. The van der Waals surface area contributed by atoms with Crippen molar-refractivity contribution in [1.82, 2.24) is 10.4 Å². The van der Waals surface area contributed by atoms with E-state index in [1.807, 2.05) is 25.1 Å². The number of hydrazine groups is 1. The maximum absolute atomic E-state index is 12.9. The summed E-state index contributed by atoms with van der Waals surface area (Å²) < 4.78 is 11.8. The van der Waals surface area contributed by atoms with Crippen LogP contribution in [0.4, 0.5) is 0 Å². The molecule has 2 amide bonds. The van der Waals surface area contributed by atoms with Gasteiger partial charge in [-0.05, 0) is 67.4 Å². The first kappa shape index (κ1) is 25.1. The normalized spacial score (nSPS) is 14.8. The molecule has 1 fully saturated rings. The van der Waals surface area contributed by atoms with Crippen molar-refractivity contribution < 1.29 is 19.1 Å². The Labute approximate surface area is 208 Å². The van der Waals surface area contributed by atoms with E-state index in [1.54, 1.807) is 30.3 Å². The highest BCUT2D eigenvalue weighted by atomic mass is 35.5. The lowest BCUT2D eigenvalue weighted by molar-refractivity contribution is -0.123. The van der Waals surface area contributed by atoms with Crippen molar-refractivity contribution in [2.75, 3.05) is 13.2 Å². The standard InChI is InChI=1S/C24H25ClN2O4S2/c1-4-30-20-13-16(9-10-19(20)31-12-11-15(2)3)14-21-23(29)27(24(32)33-21)26-22(28)17-7-5-6-8-18(17)25/h5-10,13-15H,4,11-12H2,1-3H3,(H,26,28)/b21-14+. The van der Waals surface area contributed by atoms with E-state index in [-0.39, 0.29) is 14.9 Å². The number of carbonyl (C=O) groups excluding carboxylic acids is 2. The maximum atomic E-state index is 12.9. The first-order valence-corrected chi connectivity index (χ1v) is 12.1. The number of hydrogen-bond acceptors (Lipinski definition) is 6. The molecule has 2 aromatic rings. The highest BCUT2D eigenvalue weighted by molar-refractivity contribution is 8.26. The molecular formula is C24H25ClN2O4S2. The zero-order chi connectivity index (χ0) is 24.0. The number of ether oxygens (including phenoxy) is 2. The Morgan fingerprint density at radius 2 is 1.97 bits per heavy atom. The van der Waals surface area contributed by atoms with Gasteiger partial charge in [-0.25, -0.2) is 0 Å². The predicted octanol–water partition coefficient (Wildman–Crippen LogP) is 5.71. The van der Waals surface area contributed by atoms with E-state index in [1.165, 1.54) is 0 Å². The van der Waals surface area contributed by atoms with Gasteiger partial charge in [-0.3, -0.25) is 15.0 Å². The summed E-state index contributed by atoms with van der Waals surface area (Å²) in [7, 11) is 0. The Hall–Kier alpha value is -2.55. The Kier molecular flexibility index (Phi) is 8.77. The van der Waals surface area contributed by atoms with E-state index in [4.69, 9.17) is 33.3 Å². The number of hydrogen-bond donors (Lipinski definition) is 1. The summed E-state index contributed by atoms with van der Waals surface area (Å²) in [5, 5.41) is 1.35. The Bertz CT molecular complexity index is 1090. The molecule has 0 radical (unpaired) electrons. The van der Waals surface area contributed by atoms with E-state index < -0.39 is 11.8 Å². The number of carbonyl (C=O) groups is 2. The molecule has 1 saturated heterocycles. The van der Waals surface area contributed by atoms with Crippen molar-refractivity contribution in [2.45, 2.75) is 27.2 Å². The molecule has 0 aromatic heterocycles. The van der Waals surface area contributed by atoms with Gasteiger partial charge in [0.05, 0.1) is 28.7 Å². The molecule has 0 saturated carbocycles. The minimum Gasteiger partial charge on any atom is -0.490 e. The van der Waals surface area contributed by atoms with Crippen LogP contribution >= 0.6 is 35.6 Å². The van der Waals surface area contributed by atoms with Crippen LogP contribution in [0.25, 0.3) is 6.08 Å². The van der Waals surface area contributed by atoms with Crippen molar-refractivity contribution in [3.05, 3.63) is 63.5 Å². The summed E-state index contributed by atoms with van der Waals surface area (Å²) >= 11 is 12.5. The summed E-state index contributed by atoms with van der Waals surface area (Å²) in [6.45, 7) is 7.27. The molecule has 1 N–H and O–H groups in total. The van der Waals surface area contributed by atoms with Crippen LogP contribution in [0.1, 0.15) is 43.1 Å². The third kappa shape index (κ3) is 6.50. The number of benzene rings is 2. The molecule has 0 spiro atoms. The van der Waals surface area contributed by atoms with Crippen molar-refractivity contribution in [1.29, 1.82) is 0 Å². The lowest BCUT2D eigenvalue weighted by Crippen LogP contribution is -2.44. The van der Waals surface area contributed by atoms with Gasteiger partial charge in [-0.1, -0.05) is 55.4 Å². The second-order valence-corrected chi connectivity index (χ2v) is 9.69. The van der Waals surface area contributed by atoms with Gasteiger partial charge in [0.15, 0.2) is 15.8 Å². The fraction of sp³-hybridized carbons (Fsp3) is 0.292. The van der Waals surface area contributed by atoms with E-state index >= 15 is 0 Å². The predicted molar refractivity (Wildman–Crippen MR) is 136 cm³/mol. The molecule has 0 atom stereocenters. The molecule has 0 unspecified atom stereocenters. The van der Waals surface area contributed by atoms with Gasteiger partial charge in [0.2, 0.25) is 0 Å². The first-order valence-electron chi connectivity index (χ1n) is 10.5. The fourth-order valence-corrected chi connectivity index (χ4v) is 4.33. The minimum atomic E-state index is -0.514. The number of thiocarbonyl (C=S) groups is 1. The molecule has 3 rings (SSSR count). The number of rotatable bonds is 9. The third-order valence-corrected chi connectivity index (χ3v) is 6.28. The summed E-state index contributed by atoms with van der Waals surface area (Å²) in [6.07, 6.45) is 2.65. The van der Waals surface area contributed by atoms with Crippen molar-refractivity contribution >= 4 is 57.8 Å².